The van der Waals surface area contributed by atoms with Crippen LogP contribution in [0, 0.1) is 0 Å². The van der Waals surface area contributed by atoms with Gasteiger partial charge < -0.3 is 20.3 Å². The lowest BCUT2D eigenvalue weighted by molar-refractivity contribution is -0.132. The SMILES string of the molecule is CNC(=O)CC1CCCN1C(=O)CNC(=O)OC. The number of carbonyl (C=O) groups excluding carboxylic acids is 3. The summed E-state index contributed by atoms with van der Waals surface area (Å²) in [6.07, 6.45) is 1.37. The van der Waals surface area contributed by atoms with E-state index in [0.29, 0.717) is 13.0 Å². The number of carbonyl (C=O) groups is 3. The summed E-state index contributed by atoms with van der Waals surface area (Å²) in [7, 11) is 2.81. The summed E-state index contributed by atoms with van der Waals surface area (Å²) in [6, 6.07) is -0.0723. The molecule has 1 heterocycles. The first-order chi connectivity index (χ1) is 8.58. The number of methoxy groups -OCH3 is 1. The summed E-state index contributed by atoms with van der Waals surface area (Å²) in [5.74, 6) is -0.271. The molecule has 7 heteroatoms. The van der Waals surface area contributed by atoms with Gasteiger partial charge in [0, 0.05) is 26.1 Å². The van der Waals surface area contributed by atoms with Crippen LogP contribution in [0.5, 0.6) is 0 Å². The number of rotatable bonds is 4. The van der Waals surface area contributed by atoms with E-state index < -0.39 is 6.09 Å². The van der Waals surface area contributed by atoms with Crippen molar-refractivity contribution in [2.24, 2.45) is 0 Å². The van der Waals surface area contributed by atoms with Crippen molar-refractivity contribution in [3.63, 3.8) is 0 Å². The van der Waals surface area contributed by atoms with Crippen molar-refractivity contribution >= 4 is 17.9 Å². The molecule has 0 saturated carbocycles. The third-order valence-corrected chi connectivity index (χ3v) is 2.97. The molecule has 1 rings (SSSR count). The monoisotopic (exact) mass is 257 g/mol. The zero-order valence-electron chi connectivity index (χ0n) is 10.7. The van der Waals surface area contributed by atoms with E-state index >= 15 is 0 Å². The van der Waals surface area contributed by atoms with Gasteiger partial charge in [0.05, 0.1) is 7.11 Å². The van der Waals surface area contributed by atoms with E-state index in [4.69, 9.17) is 0 Å². The molecule has 0 aliphatic carbocycles. The van der Waals surface area contributed by atoms with Crippen LogP contribution in [-0.2, 0) is 14.3 Å². The number of ether oxygens (including phenoxy) is 1. The Morgan fingerprint density at radius 3 is 2.72 bits per heavy atom. The molecule has 0 radical (unpaired) electrons. The average Bonchev–Trinajstić information content (AvgIpc) is 2.83. The minimum Gasteiger partial charge on any atom is -0.453 e. The van der Waals surface area contributed by atoms with E-state index in [-0.39, 0.29) is 24.4 Å². The number of hydrogen-bond acceptors (Lipinski definition) is 4. The van der Waals surface area contributed by atoms with Crippen LogP contribution < -0.4 is 10.6 Å². The lowest BCUT2D eigenvalue weighted by Gasteiger charge is -2.24. The van der Waals surface area contributed by atoms with Crippen LogP contribution in [0.2, 0.25) is 0 Å². The van der Waals surface area contributed by atoms with Crippen LogP contribution in [0.3, 0.4) is 0 Å². The highest BCUT2D eigenvalue weighted by atomic mass is 16.5. The Hall–Kier alpha value is -1.79. The molecule has 0 aromatic rings. The molecular weight excluding hydrogens is 238 g/mol. The lowest BCUT2D eigenvalue weighted by atomic mass is 10.1. The normalized spacial score (nSPS) is 18.3. The topological polar surface area (TPSA) is 87.7 Å². The summed E-state index contributed by atoms with van der Waals surface area (Å²) in [4.78, 5) is 35.7. The van der Waals surface area contributed by atoms with Crippen molar-refractivity contribution in [2.75, 3.05) is 27.2 Å². The number of nitrogens with zero attached hydrogens (tertiary/aromatic N) is 1. The second-order valence-corrected chi connectivity index (χ2v) is 4.11. The summed E-state index contributed by atoms with van der Waals surface area (Å²) in [5.41, 5.74) is 0. The molecule has 1 fully saturated rings. The van der Waals surface area contributed by atoms with Gasteiger partial charge in [-0.2, -0.15) is 0 Å². The van der Waals surface area contributed by atoms with E-state index in [0.717, 1.165) is 12.8 Å². The van der Waals surface area contributed by atoms with Crippen LogP contribution >= 0.6 is 0 Å². The third kappa shape index (κ3) is 3.90. The molecule has 3 amide bonds. The van der Waals surface area contributed by atoms with Gasteiger partial charge in [0.15, 0.2) is 0 Å². The zero-order valence-corrected chi connectivity index (χ0v) is 10.7. The van der Waals surface area contributed by atoms with Gasteiger partial charge in [0.1, 0.15) is 6.54 Å². The number of alkyl carbamates (subject to hydrolysis) is 1. The molecule has 2 N–H and O–H groups in total. The molecule has 0 aromatic carbocycles. The van der Waals surface area contributed by atoms with Crippen LogP contribution in [0.15, 0.2) is 0 Å². The van der Waals surface area contributed by atoms with Crippen LogP contribution in [0.4, 0.5) is 4.79 Å². The minimum atomic E-state index is -0.634. The quantitative estimate of drug-likeness (QED) is 0.708. The maximum atomic E-state index is 11.9. The Labute approximate surface area is 106 Å². The lowest BCUT2D eigenvalue weighted by Crippen LogP contribution is -2.44. The smallest absolute Gasteiger partial charge is 0.407 e. The predicted molar refractivity (Wildman–Crippen MR) is 63.8 cm³/mol. The first-order valence-corrected chi connectivity index (χ1v) is 5.90. The summed E-state index contributed by atoms with van der Waals surface area (Å²) < 4.78 is 4.39. The minimum absolute atomic E-state index is 0.0723. The van der Waals surface area contributed by atoms with E-state index in [1.807, 2.05) is 0 Å². The number of hydrogen-bond donors (Lipinski definition) is 2. The van der Waals surface area contributed by atoms with Gasteiger partial charge in [-0.15, -0.1) is 0 Å². The van der Waals surface area contributed by atoms with E-state index in [1.54, 1.807) is 11.9 Å². The van der Waals surface area contributed by atoms with Crippen molar-refractivity contribution in [1.82, 2.24) is 15.5 Å². The first-order valence-electron chi connectivity index (χ1n) is 5.90. The van der Waals surface area contributed by atoms with E-state index in [9.17, 15) is 14.4 Å². The van der Waals surface area contributed by atoms with E-state index in [2.05, 4.69) is 15.4 Å². The standard InChI is InChI=1S/C11H19N3O4/c1-12-9(15)6-8-4-3-5-14(8)10(16)7-13-11(17)18-2/h8H,3-7H2,1-2H3,(H,12,15)(H,13,17). The van der Waals surface area contributed by atoms with Crippen molar-refractivity contribution in [3.8, 4) is 0 Å². The predicted octanol–water partition coefficient (Wildman–Crippen LogP) is -0.530. The van der Waals surface area contributed by atoms with Gasteiger partial charge in [0.2, 0.25) is 11.8 Å². The second-order valence-electron chi connectivity index (χ2n) is 4.11. The number of likely N-dealkylation sites (tertiary alicyclic amines) is 1. The molecule has 0 bridgehead atoms. The molecule has 1 unspecified atom stereocenters. The fourth-order valence-corrected chi connectivity index (χ4v) is 2.01. The summed E-state index contributed by atoms with van der Waals surface area (Å²) in [5, 5.41) is 4.89. The molecule has 1 aliphatic heterocycles. The van der Waals surface area contributed by atoms with Crippen molar-refractivity contribution in [2.45, 2.75) is 25.3 Å². The van der Waals surface area contributed by atoms with E-state index in [1.165, 1.54) is 7.11 Å². The molecule has 1 aliphatic rings. The molecule has 1 saturated heterocycles. The van der Waals surface area contributed by atoms with Crippen LogP contribution in [0.1, 0.15) is 19.3 Å². The molecule has 7 nitrogen and oxygen atoms in total. The van der Waals surface area contributed by atoms with Gasteiger partial charge in [-0.25, -0.2) is 4.79 Å². The highest BCUT2D eigenvalue weighted by Gasteiger charge is 2.30. The fraction of sp³-hybridized carbons (Fsp3) is 0.727. The fourth-order valence-electron chi connectivity index (χ4n) is 2.01. The number of nitrogens with one attached hydrogen (secondary N) is 2. The van der Waals surface area contributed by atoms with Gasteiger partial charge >= 0.3 is 6.09 Å². The Bertz CT molecular complexity index is 332. The van der Waals surface area contributed by atoms with Crippen LogP contribution in [-0.4, -0.2) is 56.1 Å². The average molecular weight is 257 g/mol. The van der Waals surface area contributed by atoms with Crippen LogP contribution in [0.25, 0.3) is 0 Å². The summed E-state index contributed by atoms with van der Waals surface area (Å²) in [6.45, 7) is 0.528. The Morgan fingerprint density at radius 1 is 1.39 bits per heavy atom. The molecule has 102 valence electrons. The zero-order chi connectivity index (χ0) is 13.5. The van der Waals surface area contributed by atoms with Gasteiger partial charge in [-0.1, -0.05) is 0 Å². The molecule has 0 spiro atoms. The van der Waals surface area contributed by atoms with Gasteiger partial charge in [-0.05, 0) is 12.8 Å². The summed E-state index contributed by atoms with van der Waals surface area (Å²) >= 11 is 0. The van der Waals surface area contributed by atoms with Crippen molar-refractivity contribution in [1.29, 1.82) is 0 Å². The maximum absolute atomic E-state index is 11.9. The third-order valence-electron chi connectivity index (χ3n) is 2.97. The van der Waals surface area contributed by atoms with Gasteiger partial charge in [-0.3, -0.25) is 9.59 Å². The molecule has 18 heavy (non-hydrogen) atoms. The van der Waals surface area contributed by atoms with Crippen molar-refractivity contribution in [3.05, 3.63) is 0 Å². The van der Waals surface area contributed by atoms with Crippen molar-refractivity contribution < 1.29 is 19.1 Å². The first kappa shape index (κ1) is 14.3. The largest absolute Gasteiger partial charge is 0.453 e. The Balaban J connectivity index is 2.45. The Morgan fingerprint density at radius 2 is 2.11 bits per heavy atom. The second kappa shape index (κ2) is 6.83. The molecule has 1 atom stereocenters. The van der Waals surface area contributed by atoms with Gasteiger partial charge in [0.25, 0.3) is 0 Å². The number of amides is 3. The molecule has 0 aromatic heterocycles. The maximum Gasteiger partial charge on any atom is 0.407 e. The highest BCUT2D eigenvalue weighted by Crippen LogP contribution is 2.19. The Kier molecular flexibility index (Phi) is 5.41. The highest BCUT2D eigenvalue weighted by molar-refractivity contribution is 5.83. The molecular formula is C11H19N3O4.